The number of ether oxygens (including phenoxy) is 1. The molecule has 1 heterocycles. The summed E-state index contributed by atoms with van der Waals surface area (Å²) in [4.78, 5) is 0.322. The van der Waals surface area contributed by atoms with Gasteiger partial charge in [0.2, 0.25) is 0 Å². The van der Waals surface area contributed by atoms with Gasteiger partial charge in [-0.15, -0.1) is 13.2 Å². The second-order valence-corrected chi connectivity index (χ2v) is 8.71. The SMILES string of the molecule is Cc1ccccc1CNCCSCCn1c(=N)sc2cc(OC(F)(F)F)ccc21. The van der Waals surface area contributed by atoms with Crippen molar-refractivity contribution < 1.29 is 17.9 Å². The zero-order chi connectivity index (χ0) is 20.9. The van der Waals surface area contributed by atoms with Gasteiger partial charge in [0.1, 0.15) is 5.75 Å². The minimum absolute atomic E-state index is 0.257. The van der Waals surface area contributed by atoms with Gasteiger partial charge >= 0.3 is 6.36 Å². The molecule has 0 bridgehead atoms. The average molecular weight is 442 g/mol. The van der Waals surface area contributed by atoms with E-state index in [-0.39, 0.29) is 5.75 Å². The number of fused-ring (bicyclic) bond motifs is 1. The van der Waals surface area contributed by atoms with Crippen molar-refractivity contribution in [2.75, 3.05) is 18.1 Å². The van der Waals surface area contributed by atoms with Gasteiger partial charge in [-0.25, -0.2) is 0 Å². The predicted molar refractivity (Wildman–Crippen MR) is 113 cm³/mol. The topological polar surface area (TPSA) is 50.0 Å². The molecule has 3 aromatic rings. The highest BCUT2D eigenvalue weighted by Crippen LogP contribution is 2.28. The molecule has 0 saturated carbocycles. The molecule has 4 nitrogen and oxygen atoms in total. The zero-order valence-corrected chi connectivity index (χ0v) is 17.5. The van der Waals surface area contributed by atoms with E-state index in [4.69, 9.17) is 5.41 Å². The molecular formula is C20H22F3N3OS2. The van der Waals surface area contributed by atoms with E-state index in [0.29, 0.717) is 16.0 Å². The summed E-state index contributed by atoms with van der Waals surface area (Å²) in [7, 11) is 0. The number of nitrogens with one attached hydrogen (secondary N) is 2. The minimum atomic E-state index is -4.71. The van der Waals surface area contributed by atoms with Crippen LogP contribution in [0.5, 0.6) is 5.75 Å². The zero-order valence-electron chi connectivity index (χ0n) is 15.9. The van der Waals surface area contributed by atoms with E-state index in [1.807, 2.05) is 16.7 Å². The van der Waals surface area contributed by atoms with Crippen LogP contribution < -0.4 is 14.9 Å². The third-order valence-electron chi connectivity index (χ3n) is 4.37. The first-order valence-electron chi connectivity index (χ1n) is 9.10. The number of halogens is 3. The van der Waals surface area contributed by atoms with Crippen LogP contribution in [-0.2, 0) is 13.1 Å². The van der Waals surface area contributed by atoms with Crippen molar-refractivity contribution in [2.45, 2.75) is 26.4 Å². The number of alkyl halides is 3. The summed E-state index contributed by atoms with van der Waals surface area (Å²) >= 11 is 2.93. The highest BCUT2D eigenvalue weighted by atomic mass is 32.2. The van der Waals surface area contributed by atoms with Gasteiger partial charge in [-0.3, -0.25) is 5.41 Å². The standard InChI is InChI=1S/C20H22F3N3OS2/c1-14-4-2-3-5-15(14)13-25-8-10-28-11-9-26-17-7-6-16(27-20(21,22)23)12-18(17)29-19(26)24/h2-7,12,24-25H,8-11,13H2,1H3. The first-order valence-corrected chi connectivity index (χ1v) is 11.1. The Kier molecular flexibility index (Phi) is 7.26. The smallest absolute Gasteiger partial charge is 0.406 e. The van der Waals surface area contributed by atoms with Crippen molar-refractivity contribution in [1.29, 1.82) is 5.41 Å². The Balaban J connectivity index is 1.46. The predicted octanol–water partition coefficient (Wildman–Crippen LogP) is 4.91. The maximum absolute atomic E-state index is 12.4. The molecule has 9 heteroatoms. The van der Waals surface area contributed by atoms with E-state index in [2.05, 4.69) is 29.1 Å². The van der Waals surface area contributed by atoms with Gasteiger partial charge in [-0.1, -0.05) is 35.6 Å². The van der Waals surface area contributed by atoms with Crippen LogP contribution in [0, 0.1) is 12.3 Å². The van der Waals surface area contributed by atoms with Crippen LogP contribution in [0.15, 0.2) is 42.5 Å². The van der Waals surface area contributed by atoms with Crippen LogP contribution in [0.2, 0.25) is 0 Å². The van der Waals surface area contributed by atoms with Gasteiger partial charge in [-0.2, -0.15) is 11.8 Å². The molecule has 2 aromatic carbocycles. The first kappa shape index (κ1) is 21.7. The Hall–Kier alpha value is -1.97. The summed E-state index contributed by atoms with van der Waals surface area (Å²) in [5, 5.41) is 11.5. The highest BCUT2D eigenvalue weighted by Gasteiger charge is 2.31. The lowest BCUT2D eigenvalue weighted by molar-refractivity contribution is -0.274. The molecule has 0 saturated heterocycles. The van der Waals surface area contributed by atoms with Crippen molar-refractivity contribution in [3.05, 3.63) is 58.4 Å². The fourth-order valence-electron chi connectivity index (χ4n) is 2.92. The lowest BCUT2D eigenvalue weighted by Gasteiger charge is -2.09. The second kappa shape index (κ2) is 9.69. The van der Waals surface area contributed by atoms with E-state index in [0.717, 1.165) is 41.4 Å². The molecule has 3 rings (SSSR count). The highest BCUT2D eigenvalue weighted by molar-refractivity contribution is 7.99. The molecule has 0 atom stereocenters. The molecule has 0 aliphatic heterocycles. The van der Waals surface area contributed by atoms with Crippen molar-refractivity contribution in [1.82, 2.24) is 9.88 Å². The maximum atomic E-state index is 12.4. The number of aromatic nitrogens is 1. The number of thioether (sulfide) groups is 1. The quantitative estimate of drug-likeness (QED) is 0.464. The molecule has 29 heavy (non-hydrogen) atoms. The fourth-order valence-corrected chi connectivity index (χ4v) is 4.69. The summed E-state index contributed by atoms with van der Waals surface area (Å²) in [6.07, 6.45) is -4.71. The average Bonchev–Trinajstić information content (AvgIpc) is 2.95. The lowest BCUT2D eigenvalue weighted by Crippen LogP contribution is -2.18. The minimum Gasteiger partial charge on any atom is -0.406 e. The van der Waals surface area contributed by atoms with Crippen molar-refractivity contribution >= 4 is 33.3 Å². The Morgan fingerprint density at radius 1 is 1.17 bits per heavy atom. The fraction of sp³-hybridized carbons (Fsp3) is 0.350. The second-order valence-electron chi connectivity index (χ2n) is 6.45. The van der Waals surface area contributed by atoms with E-state index < -0.39 is 6.36 Å². The van der Waals surface area contributed by atoms with Gasteiger partial charge in [0.05, 0.1) is 10.2 Å². The van der Waals surface area contributed by atoms with Crippen molar-refractivity contribution in [2.24, 2.45) is 0 Å². The lowest BCUT2D eigenvalue weighted by atomic mass is 10.1. The van der Waals surface area contributed by atoms with Crippen molar-refractivity contribution in [3.8, 4) is 5.75 Å². The number of benzene rings is 2. The van der Waals surface area contributed by atoms with Crippen LogP contribution >= 0.6 is 23.1 Å². The summed E-state index contributed by atoms with van der Waals surface area (Å²) in [6, 6.07) is 12.5. The molecule has 0 aliphatic rings. The Morgan fingerprint density at radius 2 is 1.97 bits per heavy atom. The monoisotopic (exact) mass is 441 g/mol. The molecule has 1 aromatic heterocycles. The Morgan fingerprint density at radius 3 is 2.72 bits per heavy atom. The summed E-state index contributed by atoms with van der Waals surface area (Å²) in [5.74, 6) is 1.52. The number of aryl methyl sites for hydroxylation is 2. The molecule has 0 fully saturated rings. The first-order chi connectivity index (χ1) is 13.8. The summed E-state index contributed by atoms with van der Waals surface area (Å²) < 4.78 is 43.5. The number of hydrogen-bond acceptors (Lipinski definition) is 5. The molecule has 0 amide bonds. The van der Waals surface area contributed by atoms with Crippen LogP contribution in [0.3, 0.4) is 0 Å². The van der Waals surface area contributed by atoms with Crippen LogP contribution in [0.1, 0.15) is 11.1 Å². The van der Waals surface area contributed by atoms with Crippen LogP contribution in [0.25, 0.3) is 10.2 Å². The molecular weight excluding hydrogens is 419 g/mol. The van der Waals surface area contributed by atoms with Gasteiger partial charge in [0, 0.05) is 31.1 Å². The summed E-state index contributed by atoms with van der Waals surface area (Å²) in [5.41, 5.74) is 3.33. The maximum Gasteiger partial charge on any atom is 0.573 e. The Bertz CT molecular complexity index is 1010. The van der Waals surface area contributed by atoms with Crippen LogP contribution in [0.4, 0.5) is 13.2 Å². The third-order valence-corrected chi connectivity index (χ3v) is 6.29. The van der Waals surface area contributed by atoms with Gasteiger partial charge in [-0.05, 0) is 36.2 Å². The number of nitrogens with zero attached hydrogens (tertiary/aromatic N) is 1. The third kappa shape index (κ3) is 6.25. The van der Waals surface area contributed by atoms with Crippen molar-refractivity contribution in [3.63, 3.8) is 0 Å². The van der Waals surface area contributed by atoms with Gasteiger partial charge in [0.25, 0.3) is 0 Å². The van der Waals surface area contributed by atoms with E-state index in [9.17, 15) is 13.2 Å². The molecule has 156 valence electrons. The number of thiazole rings is 1. The number of rotatable bonds is 9. The Labute approximate surface area is 175 Å². The molecule has 0 aliphatic carbocycles. The van der Waals surface area contributed by atoms with Gasteiger partial charge in [0.15, 0.2) is 4.80 Å². The van der Waals surface area contributed by atoms with Crippen LogP contribution in [-0.4, -0.2) is 29.0 Å². The van der Waals surface area contributed by atoms with E-state index in [1.54, 1.807) is 17.8 Å². The molecule has 0 unspecified atom stereocenters. The molecule has 0 radical (unpaired) electrons. The molecule has 2 N–H and O–H groups in total. The van der Waals surface area contributed by atoms with E-state index >= 15 is 0 Å². The van der Waals surface area contributed by atoms with E-state index in [1.165, 1.54) is 23.3 Å². The summed E-state index contributed by atoms with van der Waals surface area (Å²) in [6.45, 7) is 4.47. The normalized spacial score (nSPS) is 11.9. The van der Waals surface area contributed by atoms with Gasteiger partial charge < -0.3 is 14.6 Å². The largest absolute Gasteiger partial charge is 0.573 e. The number of hydrogen-bond donors (Lipinski definition) is 2. The molecule has 0 spiro atoms.